The Kier molecular flexibility index (Phi) is 11.3. The second-order valence-electron chi connectivity index (χ2n) is 19.6. The van der Waals surface area contributed by atoms with Gasteiger partial charge in [-0.3, -0.25) is 0 Å². The molecule has 0 amide bonds. The van der Waals surface area contributed by atoms with Gasteiger partial charge in [0.15, 0.2) is 0 Å². The summed E-state index contributed by atoms with van der Waals surface area (Å²) in [4.78, 5) is 4.78. The van der Waals surface area contributed by atoms with E-state index in [0.717, 1.165) is 69.5 Å². The molecule has 1 aliphatic rings. The van der Waals surface area contributed by atoms with Crippen molar-refractivity contribution in [1.82, 2.24) is 9.13 Å². The van der Waals surface area contributed by atoms with Crippen molar-refractivity contribution in [3.05, 3.63) is 297 Å². The highest BCUT2D eigenvalue weighted by molar-refractivity contribution is 6.12. The van der Waals surface area contributed by atoms with E-state index in [-0.39, 0.29) is 0 Å². The molecule has 0 saturated carbocycles. The summed E-state index contributed by atoms with van der Waals surface area (Å²) in [6.07, 6.45) is 9.05. The molecule has 0 radical (unpaired) electrons. The molecular formula is C72H52N4. The van der Waals surface area contributed by atoms with Crippen LogP contribution in [0.5, 0.6) is 0 Å². The van der Waals surface area contributed by atoms with Gasteiger partial charge in [0.2, 0.25) is 0 Å². The summed E-state index contributed by atoms with van der Waals surface area (Å²) >= 11 is 0. The van der Waals surface area contributed by atoms with Gasteiger partial charge in [0, 0.05) is 67.0 Å². The van der Waals surface area contributed by atoms with Crippen LogP contribution in [-0.4, -0.2) is 9.13 Å². The van der Waals surface area contributed by atoms with E-state index in [1.807, 2.05) is 0 Å². The van der Waals surface area contributed by atoms with Crippen LogP contribution in [0, 0.1) is 0 Å². The first kappa shape index (κ1) is 44.8. The van der Waals surface area contributed by atoms with Crippen molar-refractivity contribution in [3.63, 3.8) is 0 Å². The van der Waals surface area contributed by atoms with E-state index in [9.17, 15) is 0 Å². The van der Waals surface area contributed by atoms with Gasteiger partial charge in [-0.2, -0.15) is 0 Å². The summed E-state index contributed by atoms with van der Waals surface area (Å²) in [5.74, 6) is 0. The number of allylic oxidation sites excluding steroid dienone is 4. The molecule has 0 unspecified atom stereocenters. The first-order valence-corrected chi connectivity index (χ1v) is 26.3. The highest BCUT2D eigenvalue weighted by Gasteiger charge is 2.20. The monoisotopic (exact) mass is 972 g/mol. The maximum Gasteiger partial charge on any atom is 0.0542 e. The molecule has 0 spiro atoms. The van der Waals surface area contributed by atoms with Crippen LogP contribution in [0.15, 0.2) is 291 Å². The molecule has 0 aliphatic heterocycles. The standard InChI is InChI=1S/C72H52N4/c1-5-17-51(18-6-1)53-29-37-59(38-30-53)73(63-45-47-71-67(49-63)65-25-13-15-27-69(65)75(71)57-21-9-3-10-22-57)61-41-33-55(34-42-61)56-35-43-62(44-36-56)74(60-39-31-54(32-40-60)52-19-7-2-8-20-52)64-46-48-72-68(50-64)66-26-14-16-28-70(66)76(72)58-23-11-4-12-24-58/h1,3-7,9-50H,2,8H2. The molecule has 11 aromatic carbocycles. The maximum atomic E-state index is 2.39. The largest absolute Gasteiger partial charge is 0.310 e. The Morgan fingerprint density at radius 3 is 1.01 bits per heavy atom. The lowest BCUT2D eigenvalue weighted by molar-refractivity contribution is 1.04. The molecule has 4 heteroatoms. The first-order valence-electron chi connectivity index (χ1n) is 26.3. The maximum absolute atomic E-state index is 2.39. The molecular weight excluding hydrogens is 921 g/mol. The fourth-order valence-electron chi connectivity index (χ4n) is 11.5. The highest BCUT2D eigenvalue weighted by atomic mass is 15.1. The molecule has 13 aromatic rings. The van der Waals surface area contributed by atoms with Crippen LogP contribution in [0.4, 0.5) is 34.1 Å². The van der Waals surface area contributed by atoms with E-state index < -0.39 is 0 Å². The summed E-state index contributed by atoms with van der Waals surface area (Å²) < 4.78 is 4.75. The number of nitrogens with zero attached hydrogens (tertiary/aromatic N) is 4. The fraction of sp³-hybridized carbons (Fsp3) is 0.0278. The molecule has 2 aromatic heterocycles. The van der Waals surface area contributed by atoms with Crippen LogP contribution in [0.25, 0.3) is 82.8 Å². The minimum absolute atomic E-state index is 1.07. The number of fused-ring (bicyclic) bond motifs is 6. The average molecular weight is 973 g/mol. The zero-order valence-corrected chi connectivity index (χ0v) is 41.9. The summed E-state index contributed by atoms with van der Waals surface area (Å²) in [6, 6.07) is 99.4. The van der Waals surface area contributed by atoms with Crippen molar-refractivity contribution in [2.45, 2.75) is 12.8 Å². The number of benzene rings is 11. The Morgan fingerprint density at radius 1 is 0.263 bits per heavy atom. The summed E-state index contributed by atoms with van der Waals surface area (Å²) in [5, 5.41) is 4.88. The van der Waals surface area contributed by atoms with E-state index in [2.05, 4.69) is 310 Å². The fourth-order valence-corrected chi connectivity index (χ4v) is 11.5. The topological polar surface area (TPSA) is 16.3 Å². The van der Waals surface area contributed by atoms with Gasteiger partial charge in [0.05, 0.1) is 22.1 Å². The van der Waals surface area contributed by atoms with Crippen molar-refractivity contribution < 1.29 is 0 Å². The van der Waals surface area contributed by atoms with Crippen LogP contribution >= 0.6 is 0 Å². The SMILES string of the molecule is C1=CC(c2ccc(N(c3ccc(-c4ccc(N(c5ccc(-c6ccccc6)cc5)c5ccc6c(c5)c5ccccc5n6-c5ccccc5)cc4)cc3)c3ccc4c(c3)c3ccccc3n4-c3ccccc3)cc2)=CCC1. The smallest absolute Gasteiger partial charge is 0.0542 e. The predicted molar refractivity (Wildman–Crippen MR) is 322 cm³/mol. The molecule has 0 N–H and O–H groups in total. The van der Waals surface area contributed by atoms with Crippen LogP contribution in [0.3, 0.4) is 0 Å². The third-order valence-electron chi connectivity index (χ3n) is 15.1. The predicted octanol–water partition coefficient (Wildman–Crippen LogP) is 19.9. The van der Waals surface area contributed by atoms with Gasteiger partial charge in [-0.25, -0.2) is 0 Å². The lowest BCUT2D eigenvalue weighted by Crippen LogP contribution is -2.10. The Morgan fingerprint density at radius 2 is 0.605 bits per heavy atom. The Balaban J connectivity index is 0.840. The number of para-hydroxylation sites is 4. The lowest BCUT2D eigenvalue weighted by atomic mass is 9.99. The van der Waals surface area contributed by atoms with Crippen molar-refractivity contribution >= 4 is 83.3 Å². The normalized spacial score (nSPS) is 12.4. The zero-order valence-electron chi connectivity index (χ0n) is 41.9. The number of aromatic nitrogens is 2. The molecule has 1 aliphatic carbocycles. The van der Waals surface area contributed by atoms with Crippen LogP contribution < -0.4 is 9.80 Å². The summed E-state index contributed by atoms with van der Waals surface area (Å²) in [6.45, 7) is 0. The van der Waals surface area contributed by atoms with Crippen molar-refractivity contribution in [3.8, 4) is 33.6 Å². The number of hydrogen-bond donors (Lipinski definition) is 0. The van der Waals surface area contributed by atoms with E-state index >= 15 is 0 Å². The summed E-state index contributed by atoms with van der Waals surface area (Å²) in [5.41, 5.74) is 20.8. The number of hydrogen-bond acceptors (Lipinski definition) is 2. The molecule has 2 heterocycles. The van der Waals surface area contributed by atoms with Crippen LogP contribution in [0.2, 0.25) is 0 Å². The van der Waals surface area contributed by atoms with Gasteiger partial charge >= 0.3 is 0 Å². The molecule has 0 bridgehead atoms. The molecule has 76 heavy (non-hydrogen) atoms. The average Bonchev–Trinajstić information content (AvgIpc) is 4.02. The Hall–Kier alpha value is -9.90. The number of rotatable bonds is 11. The zero-order chi connectivity index (χ0) is 50.4. The minimum atomic E-state index is 1.07. The molecule has 14 rings (SSSR count). The van der Waals surface area contributed by atoms with Crippen LogP contribution in [0.1, 0.15) is 18.4 Å². The van der Waals surface area contributed by atoms with Gasteiger partial charge in [-0.05, 0) is 168 Å². The minimum Gasteiger partial charge on any atom is -0.310 e. The highest BCUT2D eigenvalue weighted by Crippen LogP contribution is 2.43. The molecule has 0 atom stereocenters. The third kappa shape index (κ3) is 8.05. The van der Waals surface area contributed by atoms with E-state index in [1.54, 1.807) is 0 Å². The second-order valence-corrected chi connectivity index (χ2v) is 19.6. The van der Waals surface area contributed by atoms with E-state index in [0.29, 0.717) is 0 Å². The molecule has 4 nitrogen and oxygen atoms in total. The number of anilines is 6. The lowest BCUT2D eigenvalue weighted by Gasteiger charge is -2.27. The van der Waals surface area contributed by atoms with Gasteiger partial charge < -0.3 is 18.9 Å². The quantitative estimate of drug-likeness (QED) is 0.128. The van der Waals surface area contributed by atoms with E-state index in [1.165, 1.54) is 65.9 Å². The van der Waals surface area contributed by atoms with Gasteiger partial charge in [-0.1, -0.05) is 170 Å². The third-order valence-corrected chi connectivity index (χ3v) is 15.1. The van der Waals surface area contributed by atoms with Crippen LogP contribution in [-0.2, 0) is 0 Å². The first-order chi connectivity index (χ1) is 37.7. The van der Waals surface area contributed by atoms with Gasteiger partial charge in [0.1, 0.15) is 0 Å². The second kappa shape index (κ2) is 19.2. The Bertz CT molecular complexity index is 4280. The molecule has 0 saturated heterocycles. The van der Waals surface area contributed by atoms with Gasteiger partial charge in [0.25, 0.3) is 0 Å². The Labute approximate surface area is 443 Å². The summed E-state index contributed by atoms with van der Waals surface area (Å²) in [7, 11) is 0. The van der Waals surface area contributed by atoms with Crippen molar-refractivity contribution in [2.75, 3.05) is 9.80 Å². The van der Waals surface area contributed by atoms with E-state index in [4.69, 9.17) is 0 Å². The van der Waals surface area contributed by atoms with Crippen molar-refractivity contribution in [2.24, 2.45) is 0 Å². The molecule has 360 valence electrons. The van der Waals surface area contributed by atoms with Gasteiger partial charge in [-0.15, -0.1) is 0 Å². The molecule has 0 fully saturated rings. The van der Waals surface area contributed by atoms with Crippen molar-refractivity contribution in [1.29, 1.82) is 0 Å².